The summed E-state index contributed by atoms with van der Waals surface area (Å²) in [4.78, 5) is 20.1. The van der Waals surface area contributed by atoms with Crippen molar-refractivity contribution in [1.29, 1.82) is 0 Å². The van der Waals surface area contributed by atoms with E-state index in [9.17, 15) is 9.36 Å². The van der Waals surface area contributed by atoms with Gasteiger partial charge >= 0.3 is 6.09 Å². The van der Waals surface area contributed by atoms with E-state index in [1.165, 1.54) is 13.3 Å². The number of aromatic amines is 1. The largest absolute Gasteiger partial charge is 0.444 e. The molecule has 0 fully saturated rings. The molecule has 2 N–H and O–H groups in total. The van der Waals surface area contributed by atoms with Crippen LogP contribution in [-0.2, 0) is 19.4 Å². The quantitative estimate of drug-likeness (QED) is 0.678. The molecule has 1 aromatic carbocycles. The van der Waals surface area contributed by atoms with E-state index >= 15 is 0 Å². The smallest absolute Gasteiger partial charge is 0.408 e. The Morgan fingerprint density at radius 2 is 1.79 bits per heavy atom. The zero-order valence-electron chi connectivity index (χ0n) is 17.6. The number of amides is 1. The zero-order chi connectivity index (χ0) is 21.2. The van der Waals surface area contributed by atoms with E-state index in [0.717, 1.165) is 16.8 Å². The highest BCUT2D eigenvalue weighted by Gasteiger charge is 2.35. The van der Waals surface area contributed by atoms with Gasteiger partial charge in [0, 0.05) is 13.3 Å². The van der Waals surface area contributed by atoms with Crippen LogP contribution < -0.4 is 5.32 Å². The lowest BCUT2D eigenvalue weighted by Gasteiger charge is -2.31. The number of imidazole rings is 1. The van der Waals surface area contributed by atoms with E-state index < -0.39 is 24.6 Å². The van der Waals surface area contributed by atoms with Gasteiger partial charge in [-0.15, -0.1) is 0 Å². The lowest BCUT2D eigenvalue weighted by atomic mass is 10.0. The lowest BCUT2D eigenvalue weighted by Crippen LogP contribution is -2.49. The molecule has 0 saturated heterocycles. The Morgan fingerprint density at radius 1 is 1.18 bits per heavy atom. The fourth-order valence-electron chi connectivity index (χ4n) is 2.46. The summed E-state index contributed by atoms with van der Waals surface area (Å²) < 4.78 is 23.0. The highest BCUT2D eigenvalue weighted by molar-refractivity contribution is 7.57. The summed E-state index contributed by atoms with van der Waals surface area (Å²) in [5, 5.41) is 2.81. The molecule has 1 unspecified atom stereocenters. The third-order valence-electron chi connectivity index (χ3n) is 3.90. The second kappa shape index (κ2) is 8.10. The van der Waals surface area contributed by atoms with Gasteiger partial charge in [0.1, 0.15) is 17.0 Å². The minimum atomic E-state index is -2.76. The molecule has 28 heavy (non-hydrogen) atoms. The van der Waals surface area contributed by atoms with Crippen molar-refractivity contribution in [2.24, 2.45) is 0 Å². The van der Waals surface area contributed by atoms with Crippen LogP contribution in [0.5, 0.6) is 0 Å². The van der Waals surface area contributed by atoms with Crippen LogP contribution in [0.1, 0.15) is 39.1 Å². The van der Waals surface area contributed by atoms with Crippen LogP contribution in [0.25, 0.3) is 11.3 Å². The summed E-state index contributed by atoms with van der Waals surface area (Å²) in [6.45, 7) is 12.2. The summed E-state index contributed by atoms with van der Waals surface area (Å²) in [5.74, 6) is 0.488. The number of nitrogens with one attached hydrogen (secondary N) is 2. The van der Waals surface area contributed by atoms with Crippen molar-refractivity contribution < 1.29 is 18.6 Å². The molecular weight excluding hydrogens is 377 g/mol. The average molecular weight is 407 g/mol. The number of carbonyl (C=O) groups excluding carboxylic acids is 1. The highest BCUT2D eigenvalue weighted by atomic mass is 31.2. The Balaban J connectivity index is 2.31. The van der Waals surface area contributed by atoms with E-state index in [1.54, 1.807) is 33.9 Å². The number of H-pyrrole nitrogens is 1. The van der Waals surface area contributed by atoms with Crippen molar-refractivity contribution in [1.82, 2.24) is 15.3 Å². The van der Waals surface area contributed by atoms with E-state index in [1.807, 2.05) is 31.2 Å². The maximum Gasteiger partial charge on any atom is 0.408 e. The van der Waals surface area contributed by atoms with Crippen molar-refractivity contribution in [3.05, 3.63) is 41.9 Å². The maximum atomic E-state index is 12.4. The Labute approximate surface area is 166 Å². The molecule has 1 aromatic heterocycles. The SMILES string of the molecule is Cc1ccc(-c2cnc(C(C)(COP(C)(C)=O)NC(=O)OC(C)(C)C)[nH]2)cc1. The maximum absolute atomic E-state index is 12.4. The number of carbonyl (C=O) groups is 1. The third-order valence-corrected chi connectivity index (χ3v) is 4.65. The van der Waals surface area contributed by atoms with Crippen LogP contribution in [-0.4, -0.2) is 41.6 Å². The first kappa shape index (κ1) is 22.2. The molecule has 2 aromatic rings. The normalized spacial score (nSPS) is 14.4. The summed E-state index contributed by atoms with van der Waals surface area (Å²) in [5.41, 5.74) is 1.25. The number of hydrogen-bond donors (Lipinski definition) is 2. The predicted molar refractivity (Wildman–Crippen MR) is 111 cm³/mol. The molecule has 0 aliphatic rings. The Kier molecular flexibility index (Phi) is 6.41. The van der Waals surface area contributed by atoms with E-state index in [-0.39, 0.29) is 6.61 Å². The zero-order valence-corrected chi connectivity index (χ0v) is 18.5. The van der Waals surface area contributed by atoms with E-state index in [4.69, 9.17) is 9.26 Å². The third kappa shape index (κ3) is 6.50. The topological polar surface area (TPSA) is 93.3 Å². The number of alkyl carbamates (subject to hydrolysis) is 1. The van der Waals surface area contributed by atoms with Gasteiger partial charge in [0.15, 0.2) is 7.37 Å². The molecule has 0 aliphatic carbocycles. The van der Waals surface area contributed by atoms with Crippen LogP contribution in [0.3, 0.4) is 0 Å². The molecule has 0 radical (unpaired) electrons. The van der Waals surface area contributed by atoms with Crippen LogP contribution in [0, 0.1) is 6.92 Å². The molecule has 1 atom stereocenters. The van der Waals surface area contributed by atoms with Crippen molar-refractivity contribution in [2.75, 3.05) is 19.9 Å². The first-order valence-corrected chi connectivity index (χ1v) is 11.6. The number of hydrogen-bond acceptors (Lipinski definition) is 5. The lowest BCUT2D eigenvalue weighted by molar-refractivity contribution is 0.0417. The molecule has 0 aliphatic heterocycles. The van der Waals surface area contributed by atoms with Crippen molar-refractivity contribution in [2.45, 2.75) is 45.8 Å². The summed E-state index contributed by atoms with van der Waals surface area (Å²) in [7, 11) is -2.76. The number of aryl methyl sites for hydroxylation is 1. The van der Waals surface area contributed by atoms with Gasteiger partial charge in [0.2, 0.25) is 0 Å². The van der Waals surface area contributed by atoms with Gasteiger partial charge < -0.3 is 19.6 Å². The second-order valence-corrected chi connectivity index (χ2v) is 11.3. The number of ether oxygens (including phenoxy) is 1. The van der Waals surface area contributed by atoms with Crippen LogP contribution in [0.2, 0.25) is 0 Å². The molecule has 1 heterocycles. The number of aromatic nitrogens is 2. The van der Waals surface area contributed by atoms with Gasteiger partial charge in [-0.05, 0) is 40.2 Å². The molecule has 8 heteroatoms. The molecule has 0 bridgehead atoms. The Morgan fingerprint density at radius 3 is 2.32 bits per heavy atom. The average Bonchev–Trinajstić information content (AvgIpc) is 3.02. The fraction of sp³-hybridized carbons (Fsp3) is 0.500. The van der Waals surface area contributed by atoms with E-state index in [0.29, 0.717) is 5.82 Å². The first-order chi connectivity index (χ1) is 12.8. The number of benzene rings is 1. The Hall–Kier alpha value is -2.11. The molecule has 0 saturated carbocycles. The molecule has 2 rings (SSSR count). The molecule has 7 nitrogen and oxygen atoms in total. The minimum Gasteiger partial charge on any atom is -0.444 e. The number of nitrogens with zero attached hydrogens (tertiary/aromatic N) is 1. The minimum absolute atomic E-state index is 0.0165. The van der Waals surface area contributed by atoms with Crippen LogP contribution in [0.4, 0.5) is 4.79 Å². The fourth-order valence-corrected chi connectivity index (χ4v) is 3.03. The highest BCUT2D eigenvalue weighted by Crippen LogP contribution is 2.39. The number of rotatable bonds is 6. The molecule has 0 spiro atoms. The molecular formula is C20H30N3O4P. The van der Waals surface area contributed by atoms with Gasteiger partial charge in [-0.3, -0.25) is 4.57 Å². The first-order valence-electron chi connectivity index (χ1n) is 9.11. The van der Waals surface area contributed by atoms with Gasteiger partial charge in [-0.1, -0.05) is 29.8 Å². The summed E-state index contributed by atoms with van der Waals surface area (Å²) in [6.07, 6.45) is 1.10. The van der Waals surface area contributed by atoms with Crippen LogP contribution in [0.15, 0.2) is 30.5 Å². The monoisotopic (exact) mass is 407 g/mol. The van der Waals surface area contributed by atoms with Crippen molar-refractivity contribution in [3.63, 3.8) is 0 Å². The van der Waals surface area contributed by atoms with Crippen LogP contribution >= 0.6 is 7.37 Å². The standard InChI is InChI=1S/C20H30N3O4P/c1-14-8-10-15(11-9-14)16-12-21-17(22-16)20(5,13-26-28(6,7)25)23-18(24)27-19(2,3)4/h8-12H,13H2,1-7H3,(H,21,22)(H,23,24). The molecule has 1 amide bonds. The van der Waals surface area contributed by atoms with Gasteiger partial charge in [-0.2, -0.15) is 0 Å². The Bertz CT molecular complexity index is 864. The van der Waals surface area contributed by atoms with Crippen molar-refractivity contribution >= 4 is 13.5 Å². The predicted octanol–water partition coefficient (Wildman–Crippen LogP) is 4.68. The van der Waals surface area contributed by atoms with E-state index in [2.05, 4.69) is 15.3 Å². The summed E-state index contributed by atoms with van der Waals surface area (Å²) in [6, 6.07) is 8.02. The second-order valence-electron chi connectivity index (χ2n) is 8.50. The van der Waals surface area contributed by atoms with Gasteiger partial charge in [0.05, 0.1) is 18.5 Å². The van der Waals surface area contributed by atoms with Gasteiger partial charge in [0.25, 0.3) is 0 Å². The van der Waals surface area contributed by atoms with Gasteiger partial charge in [-0.25, -0.2) is 9.78 Å². The summed E-state index contributed by atoms with van der Waals surface area (Å²) >= 11 is 0. The molecule has 154 valence electrons. The van der Waals surface area contributed by atoms with Crippen molar-refractivity contribution in [3.8, 4) is 11.3 Å².